The number of methoxy groups -OCH3 is 1. The zero-order valence-electron chi connectivity index (χ0n) is 14.7. The minimum atomic E-state index is -3.38. The average Bonchev–Trinajstić information content (AvgIpc) is 2.69. The molecule has 0 bridgehead atoms. The van der Waals surface area contributed by atoms with Crippen LogP contribution in [0.25, 0.3) is 0 Å². The highest BCUT2D eigenvalue weighted by Crippen LogP contribution is 2.55. The third kappa shape index (κ3) is 3.35. The van der Waals surface area contributed by atoms with E-state index < -0.39 is 10.2 Å². The van der Waals surface area contributed by atoms with Gasteiger partial charge in [0.05, 0.1) is 6.10 Å². The minimum Gasteiger partial charge on any atom is -0.381 e. The monoisotopic (exact) mass is 332 g/mol. The van der Waals surface area contributed by atoms with Gasteiger partial charge in [-0.25, -0.2) is 4.72 Å². The van der Waals surface area contributed by atoms with Crippen LogP contribution in [0.15, 0.2) is 0 Å². The Kier molecular flexibility index (Phi) is 5.27. The summed E-state index contributed by atoms with van der Waals surface area (Å²) in [4.78, 5) is 0. The van der Waals surface area contributed by atoms with Gasteiger partial charge in [-0.05, 0) is 42.4 Å². The van der Waals surface area contributed by atoms with Crippen molar-refractivity contribution in [2.24, 2.45) is 16.7 Å². The molecule has 1 saturated heterocycles. The second-order valence-corrected chi connectivity index (χ2v) is 9.64. The standard InChI is InChI=1S/C16H32N2O3S/c1-13-6-9-16(4,15(13,2)3)12-17-22(19,20)18-10-7-14(21-5)8-11-18/h13-14,17H,6-12H2,1-5H3/t13-,16-/m0/s1. The predicted octanol–water partition coefficient (Wildman–Crippen LogP) is 2.39. The fourth-order valence-corrected chi connectivity index (χ4v) is 5.15. The van der Waals surface area contributed by atoms with Crippen molar-refractivity contribution in [2.45, 2.75) is 59.5 Å². The molecule has 0 aromatic carbocycles. The van der Waals surface area contributed by atoms with E-state index in [0.717, 1.165) is 19.3 Å². The highest BCUT2D eigenvalue weighted by Gasteiger charge is 2.49. The van der Waals surface area contributed by atoms with Gasteiger partial charge >= 0.3 is 0 Å². The summed E-state index contributed by atoms with van der Waals surface area (Å²) in [5.41, 5.74) is 0.170. The smallest absolute Gasteiger partial charge is 0.279 e. The van der Waals surface area contributed by atoms with E-state index in [1.54, 1.807) is 11.4 Å². The van der Waals surface area contributed by atoms with Crippen molar-refractivity contribution < 1.29 is 13.2 Å². The van der Waals surface area contributed by atoms with Crippen molar-refractivity contribution in [3.8, 4) is 0 Å². The summed E-state index contributed by atoms with van der Waals surface area (Å²) in [6, 6.07) is 0. The Balaban J connectivity index is 1.96. The molecule has 0 radical (unpaired) electrons. The van der Waals surface area contributed by atoms with Crippen molar-refractivity contribution in [1.29, 1.82) is 0 Å². The van der Waals surface area contributed by atoms with E-state index in [2.05, 4.69) is 32.4 Å². The number of piperidine rings is 1. The molecule has 2 rings (SSSR count). The molecule has 22 heavy (non-hydrogen) atoms. The van der Waals surface area contributed by atoms with Crippen molar-refractivity contribution >= 4 is 10.2 Å². The molecule has 2 aliphatic rings. The SMILES string of the molecule is COC1CCN(S(=O)(=O)NC[C@]2(C)CC[C@H](C)C2(C)C)CC1. The summed E-state index contributed by atoms with van der Waals surface area (Å²) in [5, 5.41) is 0. The summed E-state index contributed by atoms with van der Waals surface area (Å²) < 4.78 is 34.8. The summed E-state index contributed by atoms with van der Waals surface area (Å²) in [7, 11) is -1.69. The van der Waals surface area contributed by atoms with Gasteiger partial charge in [0, 0.05) is 26.7 Å². The van der Waals surface area contributed by atoms with Crippen LogP contribution in [0.2, 0.25) is 0 Å². The van der Waals surface area contributed by atoms with E-state index in [-0.39, 0.29) is 16.9 Å². The van der Waals surface area contributed by atoms with Gasteiger partial charge in [0.1, 0.15) is 0 Å². The molecule has 2 fully saturated rings. The molecule has 0 amide bonds. The molecular weight excluding hydrogens is 300 g/mol. The van der Waals surface area contributed by atoms with E-state index in [9.17, 15) is 8.42 Å². The van der Waals surface area contributed by atoms with Crippen LogP contribution < -0.4 is 4.72 Å². The van der Waals surface area contributed by atoms with E-state index in [1.807, 2.05) is 0 Å². The molecule has 1 saturated carbocycles. The lowest BCUT2D eigenvalue weighted by molar-refractivity contribution is 0.0597. The van der Waals surface area contributed by atoms with Gasteiger partial charge in [-0.3, -0.25) is 0 Å². The lowest BCUT2D eigenvalue weighted by atomic mass is 9.66. The molecule has 0 aromatic heterocycles. The van der Waals surface area contributed by atoms with Gasteiger partial charge < -0.3 is 4.74 Å². The lowest BCUT2D eigenvalue weighted by Crippen LogP contribution is -2.50. The first-order valence-corrected chi connectivity index (χ1v) is 9.84. The van der Waals surface area contributed by atoms with Crippen LogP contribution in [0.1, 0.15) is 53.4 Å². The molecule has 2 atom stereocenters. The summed E-state index contributed by atoms with van der Waals surface area (Å²) in [6.45, 7) is 10.6. The van der Waals surface area contributed by atoms with Crippen LogP contribution >= 0.6 is 0 Å². The van der Waals surface area contributed by atoms with Crippen LogP contribution in [-0.4, -0.2) is 45.6 Å². The maximum Gasteiger partial charge on any atom is 0.279 e. The lowest BCUT2D eigenvalue weighted by Gasteiger charge is -2.41. The van der Waals surface area contributed by atoms with Crippen LogP contribution in [0.4, 0.5) is 0 Å². The number of ether oxygens (including phenoxy) is 1. The Labute approximate surface area is 136 Å². The molecule has 1 aliphatic carbocycles. The normalized spacial score (nSPS) is 34.1. The predicted molar refractivity (Wildman–Crippen MR) is 88.8 cm³/mol. The molecule has 1 aliphatic heterocycles. The van der Waals surface area contributed by atoms with Crippen LogP contribution in [0.5, 0.6) is 0 Å². The van der Waals surface area contributed by atoms with Gasteiger partial charge in [0.15, 0.2) is 0 Å². The molecule has 5 nitrogen and oxygen atoms in total. The number of nitrogens with zero attached hydrogens (tertiary/aromatic N) is 1. The zero-order chi connectivity index (χ0) is 16.6. The van der Waals surface area contributed by atoms with Crippen molar-refractivity contribution in [3.05, 3.63) is 0 Å². The first-order chi connectivity index (χ1) is 10.1. The quantitative estimate of drug-likeness (QED) is 0.841. The fraction of sp³-hybridized carbons (Fsp3) is 1.00. The Bertz CT molecular complexity index is 484. The van der Waals surface area contributed by atoms with E-state index in [1.165, 1.54) is 6.42 Å². The number of rotatable bonds is 5. The first-order valence-electron chi connectivity index (χ1n) is 8.40. The van der Waals surface area contributed by atoms with E-state index in [4.69, 9.17) is 4.74 Å². The fourth-order valence-electron chi connectivity index (χ4n) is 3.78. The second-order valence-electron chi connectivity index (χ2n) is 7.88. The molecule has 1 heterocycles. The third-order valence-electron chi connectivity index (χ3n) is 6.64. The molecule has 6 heteroatoms. The Morgan fingerprint density at radius 2 is 1.77 bits per heavy atom. The summed E-state index contributed by atoms with van der Waals surface area (Å²) in [5.74, 6) is 0.624. The number of hydrogen-bond acceptors (Lipinski definition) is 3. The van der Waals surface area contributed by atoms with E-state index >= 15 is 0 Å². The minimum absolute atomic E-state index is 0.0182. The number of hydrogen-bond donors (Lipinski definition) is 1. The van der Waals surface area contributed by atoms with Gasteiger partial charge in [-0.2, -0.15) is 12.7 Å². The summed E-state index contributed by atoms with van der Waals surface area (Å²) in [6.07, 6.45) is 3.99. The van der Waals surface area contributed by atoms with Gasteiger partial charge in [-0.1, -0.05) is 27.7 Å². The summed E-state index contributed by atoms with van der Waals surface area (Å²) >= 11 is 0. The highest BCUT2D eigenvalue weighted by molar-refractivity contribution is 7.87. The van der Waals surface area contributed by atoms with Gasteiger partial charge in [-0.15, -0.1) is 0 Å². The molecule has 130 valence electrons. The van der Waals surface area contributed by atoms with Crippen molar-refractivity contribution in [1.82, 2.24) is 9.03 Å². The Morgan fingerprint density at radius 1 is 1.18 bits per heavy atom. The molecule has 0 spiro atoms. The van der Waals surface area contributed by atoms with Crippen molar-refractivity contribution in [2.75, 3.05) is 26.7 Å². The van der Waals surface area contributed by atoms with Crippen LogP contribution in [0.3, 0.4) is 0 Å². The Morgan fingerprint density at radius 3 is 2.23 bits per heavy atom. The molecule has 0 aromatic rings. The van der Waals surface area contributed by atoms with Gasteiger partial charge in [0.2, 0.25) is 0 Å². The van der Waals surface area contributed by atoms with E-state index in [0.29, 0.717) is 25.6 Å². The Hall–Kier alpha value is -0.170. The third-order valence-corrected chi connectivity index (χ3v) is 8.19. The molecular formula is C16H32N2O3S. The molecule has 0 unspecified atom stereocenters. The first kappa shape index (κ1) is 18.2. The average molecular weight is 333 g/mol. The maximum atomic E-state index is 12.5. The van der Waals surface area contributed by atoms with Crippen LogP contribution in [-0.2, 0) is 14.9 Å². The maximum absolute atomic E-state index is 12.5. The second kappa shape index (κ2) is 6.38. The highest BCUT2D eigenvalue weighted by atomic mass is 32.2. The van der Waals surface area contributed by atoms with Crippen molar-refractivity contribution in [3.63, 3.8) is 0 Å². The largest absolute Gasteiger partial charge is 0.381 e. The molecule has 1 N–H and O–H groups in total. The topological polar surface area (TPSA) is 58.6 Å². The zero-order valence-corrected chi connectivity index (χ0v) is 15.5. The van der Waals surface area contributed by atoms with Gasteiger partial charge in [0.25, 0.3) is 10.2 Å². The van der Waals surface area contributed by atoms with Crippen LogP contribution in [0, 0.1) is 16.7 Å². The number of nitrogens with one attached hydrogen (secondary N) is 1.